The molecule has 29 heavy (non-hydrogen) atoms. The smallest absolute Gasteiger partial charge is 0.394 e. The zero-order chi connectivity index (χ0) is 20.2. The van der Waals surface area contributed by atoms with Crippen LogP contribution in [0.1, 0.15) is 0 Å². The van der Waals surface area contributed by atoms with E-state index in [1.165, 1.54) is 0 Å². The summed E-state index contributed by atoms with van der Waals surface area (Å²) in [6.45, 7) is -2.42. The van der Waals surface area contributed by atoms with Crippen LogP contribution in [0.3, 0.4) is 0 Å². The molecule has 6 nitrogen and oxygen atoms in total. The van der Waals surface area contributed by atoms with Gasteiger partial charge in [-0.05, 0) is 37.8 Å². The molecule has 0 aliphatic carbocycles. The van der Waals surface area contributed by atoms with Crippen molar-refractivity contribution in [1.82, 2.24) is 0 Å². The van der Waals surface area contributed by atoms with Gasteiger partial charge in [0.15, 0.2) is 0 Å². The molecule has 0 unspecified atom stereocenters. The Balaban J connectivity index is 1.74. The first-order chi connectivity index (χ1) is 14.1. The van der Waals surface area contributed by atoms with Gasteiger partial charge in [-0.25, -0.2) is 0 Å². The van der Waals surface area contributed by atoms with E-state index in [1.54, 1.807) is 0 Å². The van der Waals surface area contributed by atoms with Gasteiger partial charge in [-0.15, -0.1) is 0 Å². The first-order valence-corrected chi connectivity index (χ1v) is 9.57. The monoisotopic (exact) mass is 392 g/mol. The number of aliphatic hydroxyl groups excluding tert-OH is 4. The van der Waals surface area contributed by atoms with Crippen molar-refractivity contribution in [2.45, 2.75) is 11.2 Å². The summed E-state index contributed by atoms with van der Waals surface area (Å²) < 4.78 is 12.0. The van der Waals surface area contributed by atoms with Gasteiger partial charge in [0.05, 0.1) is 26.4 Å². The van der Waals surface area contributed by atoms with Gasteiger partial charge < -0.3 is 29.7 Å². The molecule has 1 saturated heterocycles. The maximum absolute atomic E-state index is 9.93. The maximum atomic E-state index is 9.93. The molecule has 4 aromatic carbocycles. The van der Waals surface area contributed by atoms with E-state index in [9.17, 15) is 20.4 Å². The van der Waals surface area contributed by atoms with Gasteiger partial charge in [-0.2, -0.15) is 0 Å². The lowest BCUT2D eigenvalue weighted by atomic mass is 9.74. The third-order valence-corrected chi connectivity index (χ3v) is 6.33. The zero-order valence-electron chi connectivity index (χ0n) is 15.7. The van der Waals surface area contributed by atoms with Crippen molar-refractivity contribution in [1.29, 1.82) is 0 Å². The van der Waals surface area contributed by atoms with Crippen LogP contribution in [0.5, 0.6) is 0 Å². The average Bonchev–Trinajstić information content (AvgIpc) is 3.12. The van der Waals surface area contributed by atoms with Crippen LogP contribution >= 0.6 is 0 Å². The van der Waals surface area contributed by atoms with Crippen molar-refractivity contribution >= 4 is 44.9 Å². The minimum Gasteiger partial charge on any atom is -0.394 e. The predicted octanol–water partition coefficient (Wildman–Crippen LogP) is 0.773. The van der Waals surface area contributed by atoms with E-state index < -0.39 is 44.7 Å². The van der Waals surface area contributed by atoms with Crippen molar-refractivity contribution in [3.8, 4) is 0 Å². The Kier molecular flexibility index (Phi) is 4.29. The summed E-state index contributed by atoms with van der Waals surface area (Å²) in [6.07, 6.45) is 0. The molecule has 1 aliphatic heterocycles. The molecule has 1 fully saturated rings. The Morgan fingerprint density at radius 1 is 0.621 bits per heavy atom. The number of rotatable bonds is 5. The molecular formula is C22H21BO6. The summed E-state index contributed by atoms with van der Waals surface area (Å²) in [4.78, 5) is 0. The van der Waals surface area contributed by atoms with Crippen LogP contribution in [0.4, 0.5) is 0 Å². The van der Waals surface area contributed by atoms with Gasteiger partial charge in [0.1, 0.15) is 11.2 Å². The minimum absolute atomic E-state index is 0.604. The lowest BCUT2D eigenvalue weighted by Gasteiger charge is -2.39. The SMILES string of the molecule is OCC1(CO)OB(c2ccc3ccc4cccc5ccc2c3c45)OC1(CO)CO. The third kappa shape index (κ3) is 2.40. The molecule has 0 spiro atoms. The molecule has 7 heteroatoms. The van der Waals surface area contributed by atoms with Crippen LogP contribution in [-0.4, -0.2) is 65.2 Å². The summed E-state index contributed by atoms with van der Waals surface area (Å²) in [5.41, 5.74) is -2.53. The molecule has 148 valence electrons. The molecule has 5 rings (SSSR count). The second-order valence-electron chi connectivity index (χ2n) is 7.70. The Morgan fingerprint density at radius 2 is 1.10 bits per heavy atom. The fraction of sp³-hybridized carbons (Fsp3) is 0.273. The van der Waals surface area contributed by atoms with Gasteiger partial charge in [-0.3, -0.25) is 0 Å². The van der Waals surface area contributed by atoms with Crippen molar-refractivity contribution in [2.24, 2.45) is 0 Å². The van der Waals surface area contributed by atoms with Crippen LogP contribution in [0.15, 0.2) is 54.6 Å². The van der Waals surface area contributed by atoms with E-state index >= 15 is 0 Å². The van der Waals surface area contributed by atoms with Gasteiger partial charge in [0, 0.05) is 0 Å². The Labute approximate surface area is 167 Å². The molecule has 4 N–H and O–H groups in total. The molecule has 0 saturated carbocycles. The molecule has 4 aromatic rings. The van der Waals surface area contributed by atoms with Crippen molar-refractivity contribution in [3.63, 3.8) is 0 Å². The second-order valence-corrected chi connectivity index (χ2v) is 7.70. The molecule has 1 aliphatic rings. The minimum atomic E-state index is -1.62. The molecule has 0 amide bonds. The zero-order valence-corrected chi connectivity index (χ0v) is 15.7. The fourth-order valence-electron chi connectivity index (χ4n) is 4.56. The molecule has 0 bridgehead atoms. The van der Waals surface area contributed by atoms with E-state index in [-0.39, 0.29) is 0 Å². The topological polar surface area (TPSA) is 99.4 Å². The lowest BCUT2D eigenvalue weighted by molar-refractivity contribution is -0.147. The standard InChI is InChI=1S/C22H21BO6/c24-10-21(11-25)22(12-26,13-27)29-23(28-21)18-9-7-16-5-4-14-2-1-3-15-6-8-17(18)20(16)19(14)15/h1-9,24-27H,10-13H2. The molecule has 0 atom stereocenters. The van der Waals surface area contributed by atoms with E-state index in [1.807, 2.05) is 30.3 Å². The Hall–Kier alpha value is -2.26. The number of aliphatic hydroxyl groups is 4. The molecule has 1 heterocycles. The molecule has 0 aromatic heterocycles. The van der Waals surface area contributed by atoms with E-state index in [0.717, 1.165) is 32.3 Å². The highest BCUT2D eigenvalue weighted by atomic mass is 16.7. The summed E-state index contributed by atoms with van der Waals surface area (Å²) in [6, 6.07) is 18.2. The highest BCUT2D eigenvalue weighted by Crippen LogP contribution is 2.39. The summed E-state index contributed by atoms with van der Waals surface area (Å²) in [5.74, 6) is 0. The second kappa shape index (κ2) is 6.63. The van der Waals surface area contributed by atoms with Crippen molar-refractivity contribution in [2.75, 3.05) is 26.4 Å². The van der Waals surface area contributed by atoms with Crippen molar-refractivity contribution < 1.29 is 29.7 Å². The summed E-state index contributed by atoms with van der Waals surface area (Å²) >= 11 is 0. The van der Waals surface area contributed by atoms with Crippen LogP contribution in [0.2, 0.25) is 0 Å². The van der Waals surface area contributed by atoms with Gasteiger partial charge >= 0.3 is 7.12 Å². The fourth-order valence-corrected chi connectivity index (χ4v) is 4.56. The van der Waals surface area contributed by atoms with Crippen LogP contribution < -0.4 is 5.46 Å². The molecular weight excluding hydrogens is 371 g/mol. The first-order valence-electron chi connectivity index (χ1n) is 9.57. The third-order valence-electron chi connectivity index (χ3n) is 6.33. The summed E-state index contributed by atoms with van der Waals surface area (Å²) in [5, 5.41) is 46.2. The maximum Gasteiger partial charge on any atom is 0.495 e. The number of hydrogen-bond donors (Lipinski definition) is 4. The first kappa shape index (κ1) is 18.8. The van der Waals surface area contributed by atoms with E-state index in [2.05, 4.69) is 24.3 Å². The Bertz CT molecular complexity index is 1150. The highest BCUT2D eigenvalue weighted by molar-refractivity contribution is 6.65. The normalized spacial score (nSPS) is 18.4. The Morgan fingerprint density at radius 3 is 1.66 bits per heavy atom. The number of hydrogen-bond acceptors (Lipinski definition) is 6. The van der Waals surface area contributed by atoms with E-state index in [4.69, 9.17) is 9.31 Å². The van der Waals surface area contributed by atoms with Gasteiger partial charge in [0.25, 0.3) is 0 Å². The van der Waals surface area contributed by atoms with Crippen LogP contribution in [0.25, 0.3) is 32.3 Å². The van der Waals surface area contributed by atoms with Crippen LogP contribution in [-0.2, 0) is 9.31 Å². The lowest BCUT2D eigenvalue weighted by Crippen LogP contribution is -2.61. The quantitative estimate of drug-likeness (QED) is 0.296. The van der Waals surface area contributed by atoms with Gasteiger partial charge in [-0.1, -0.05) is 54.6 Å². The van der Waals surface area contributed by atoms with Crippen LogP contribution in [0, 0.1) is 0 Å². The van der Waals surface area contributed by atoms with Gasteiger partial charge in [0.2, 0.25) is 0 Å². The average molecular weight is 392 g/mol. The predicted molar refractivity (Wildman–Crippen MR) is 112 cm³/mol. The largest absolute Gasteiger partial charge is 0.495 e. The highest BCUT2D eigenvalue weighted by Gasteiger charge is 2.62. The van der Waals surface area contributed by atoms with E-state index in [0.29, 0.717) is 5.46 Å². The summed E-state index contributed by atoms with van der Waals surface area (Å²) in [7, 11) is -0.960. The molecule has 0 radical (unpaired) electrons. The van der Waals surface area contributed by atoms with Crippen molar-refractivity contribution in [3.05, 3.63) is 54.6 Å². The number of benzene rings is 4.